The number of aliphatic hydroxyl groups excluding tert-OH is 1. The maximum atomic E-state index is 13.9. The summed E-state index contributed by atoms with van der Waals surface area (Å²) < 4.78 is 50.1. The van der Waals surface area contributed by atoms with Crippen molar-refractivity contribution in [3.05, 3.63) is 33.1 Å². The average molecular weight is 598 g/mol. The summed E-state index contributed by atoms with van der Waals surface area (Å²) >= 11 is 0.981. The third-order valence-electron chi connectivity index (χ3n) is 5.48. The Morgan fingerprint density at radius 1 is 1.28 bits per heavy atom. The van der Waals surface area contributed by atoms with Crippen molar-refractivity contribution in [2.24, 2.45) is 11.3 Å². The van der Waals surface area contributed by atoms with Crippen molar-refractivity contribution in [1.82, 2.24) is 14.6 Å². The molecule has 16 heteroatoms. The van der Waals surface area contributed by atoms with Crippen molar-refractivity contribution >= 4 is 30.6 Å². The van der Waals surface area contributed by atoms with Crippen LogP contribution in [0.15, 0.2) is 21.9 Å². The largest absolute Gasteiger partial charge is 0.462 e. The quantitative estimate of drug-likeness (QED) is 0.171. The van der Waals surface area contributed by atoms with E-state index < -0.39 is 80.2 Å². The molecule has 2 rings (SSSR count). The monoisotopic (exact) mass is 597 g/mol. The number of alkyl halides is 1. The first-order valence-corrected chi connectivity index (χ1v) is 14.9. The van der Waals surface area contributed by atoms with Gasteiger partial charge in [0, 0.05) is 29.3 Å². The van der Waals surface area contributed by atoms with Gasteiger partial charge in [-0.1, -0.05) is 32.5 Å². The fraction of sp³-hybridized carbons (Fsp3) is 0.739. The third kappa shape index (κ3) is 9.62. The number of aromatic nitrogens is 2. The minimum Gasteiger partial charge on any atom is -0.462 e. The minimum atomic E-state index is -4.27. The maximum absolute atomic E-state index is 13.9. The van der Waals surface area contributed by atoms with E-state index in [1.165, 1.54) is 6.92 Å². The molecule has 3 N–H and O–H groups in total. The molecule has 1 saturated heterocycles. The number of nitrogens with one attached hydrogen (secondary N) is 2. The molecule has 0 radical (unpaired) electrons. The van der Waals surface area contributed by atoms with Gasteiger partial charge in [-0.05, 0) is 20.8 Å². The maximum Gasteiger partial charge on any atom is 0.406 e. The topological polar surface area (TPSA) is 175 Å². The highest BCUT2D eigenvalue weighted by Gasteiger charge is 2.46. The van der Waals surface area contributed by atoms with Gasteiger partial charge in [-0.2, -0.15) is 0 Å². The fourth-order valence-corrected chi connectivity index (χ4v) is 5.81. The number of ether oxygens (including phenoxy) is 2. The van der Waals surface area contributed by atoms with Crippen molar-refractivity contribution in [2.45, 2.75) is 72.1 Å². The van der Waals surface area contributed by atoms with Crippen LogP contribution in [0.3, 0.4) is 0 Å². The van der Waals surface area contributed by atoms with E-state index in [4.69, 9.17) is 18.5 Å². The Kier molecular flexibility index (Phi) is 12.1. The molecule has 13 nitrogen and oxygen atoms in total. The van der Waals surface area contributed by atoms with E-state index in [0.29, 0.717) is 0 Å². The lowest BCUT2D eigenvalue weighted by molar-refractivity contribution is -0.149. The summed E-state index contributed by atoms with van der Waals surface area (Å²) in [5.74, 6) is -1.76. The van der Waals surface area contributed by atoms with Crippen LogP contribution in [0, 0.1) is 11.3 Å². The molecule has 1 unspecified atom stereocenters. The van der Waals surface area contributed by atoms with E-state index in [1.807, 2.05) is 4.98 Å². The van der Waals surface area contributed by atoms with Gasteiger partial charge in [0.2, 0.25) is 0 Å². The predicted octanol–water partition coefficient (Wildman–Crippen LogP) is 1.76. The van der Waals surface area contributed by atoms with Crippen molar-refractivity contribution in [2.75, 3.05) is 25.6 Å². The van der Waals surface area contributed by atoms with E-state index in [2.05, 4.69) is 5.09 Å². The first-order chi connectivity index (χ1) is 18.1. The number of nitrogens with zero attached hydrogens (tertiary/aromatic N) is 1. The van der Waals surface area contributed by atoms with Crippen molar-refractivity contribution in [3.8, 4) is 0 Å². The van der Waals surface area contributed by atoms with Crippen molar-refractivity contribution in [3.63, 3.8) is 0 Å². The Labute approximate surface area is 229 Å². The Bertz CT molecular complexity index is 1150. The van der Waals surface area contributed by atoms with Crippen LogP contribution >= 0.6 is 19.5 Å². The number of thioether (sulfide) groups is 1. The Morgan fingerprint density at radius 3 is 2.51 bits per heavy atom. The molecule has 0 bridgehead atoms. The van der Waals surface area contributed by atoms with Gasteiger partial charge < -0.3 is 14.6 Å². The van der Waals surface area contributed by atoms with Gasteiger partial charge in [0.25, 0.3) is 5.56 Å². The van der Waals surface area contributed by atoms with Gasteiger partial charge in [-0.25, -0.2) is 14.4 Å². The van der Waals surface area contributed by atoms with Crippen LogP contribution < -0.4 is 16.3 Å². The van der Waals surface area contributed by atoms with Crippen molar-refractivity contribution in [1.29, 1.82) is 0 Å². The molecular formula is C23H37FN3O10PS. The number of aliphatic hydroxyl groups is 1. The lowest BCUT2D eigenvalue weighted by Gasteiger charge is -2.25. The van der Waals surface area contributed by atoms with Crippen LogP contribution in [-0.2, 0) is 32.7 Å². The Morgan fingerprint density at radius 2 is 1.95 bits per heavy atom. The number of hydrogen-bond donors (Lipinski definition) is 3. The molecule has 0 amide bonds. The number of aromatic amines is 1. The molecule has 2 heterocycles. The molecule has 0 spiro atoms. The smallest absolute Gasteiger partial charge is 0.406 e. The normalized spacial score (nSPS) is 23.9. The van der Waals surface area contributed by atoms with Crippen LogP contribution in [0.1, 0.15) is 47.8 Å². The van der Waals surface area contributed by atoms with Crippen LogP contribution in [0.2, 0.25) is 0 Å². The number of carbonyl (C=O) groups is 2. The highest BCUT2D eigenvalue weighted by atomic mass is 32.2. The zero-order valence-corrected chi connectivity index (χ0v) is 24.5. The Balaban J connectivity index is 2.15. The van der Waals surface area contributed by atoms with Crippen LogP contribution in [0.5, 0.6) is 0 Å². The molecule has 39 heavy (non-hydrogen) atoms. The summed E-state index contributed by atoms with van der Waals surface area (Å²) in [5.41, 5.74) is -2.13. The number of carbonyl (C=O) groups excluding carboxylic acids is 2. The van der Waals surface area contributed by atoms with Crippen LogP contribution in [-0.4, -0.2) is 75.7 Å². The van der Waals surface area contributed by atoms with E-state index in [9.17, 15) is 33.2 Å². The summed E-state index contributed by atoms with van der Waals surface area (Å²) in [7, 11) is -4.27. The molecule has 222 valence electrons. The zero-order chi connectivity index (χ0) is 29.5. The number of halogens is 1. The summed E-state index contributed by atoms with van der Waals surface area (Å²) in [6.45, 7) is 8.13. The summed E-state index contributed by atoms with van der Waals surface area (Å²) in [5, 5.41) is 13.0. The summed E-state index contributed by atoms with van der Waals surface area (Å²) in [6, 6.07) is -0.0841. The summed E-state index contributed by atoms with van der Waals surface area (Å²) in [6.07, 6.45) is -3.36. The lowest BCUT2D eigenvalue weighted by atomic mass is 10.00. The highest BCUT2D eigenvalue weighted by molar-refractivity contribution is 8.13. The second kappa shape index (κ2) is 14.2. The first-order valence-electron chi connectivity index (χ1n) is 12.3. The molecule has 6 atom stereocenters. The van der Waals surface area contributed by atoms with E-state index in [0.717, 1.165) is 28.6 Å². The zero-order valence-electron chi connectivity index (χ0n) is 22.7. The van der Waals surface area contributed by atoms with E-state index >= 15 is 0 Å². The molecule has 1 aromatic heterocycles. The molecule has 1 fully saturated rings. The Hall–Kier alpha value is -1.87. The number of esters is 1. The third-order valence-corrected chi connectivity index (χ3v) is 8.44. The average Bonchev–Trinajstić information content (AvgIpc) is 3.14. The van der Waals surface area contributed by atoms with Crippen LogP contribution in [0.4, 0.5) is 4.39 Å². The second-order valence-corrected chi connectivity index (χ2v) is 13.1. The van der Waals surface area contributed by atoms with Gasteiger partial charge in [0.1, 0.15) is 12.1 Å². The summed E-state index contributed by atoms with van der Waals surface area (Å²) in [4.78, 5) is 50.0. The predicted molar refractivity (Wildman–Crippen MR) is 141 cm³/mol. The minimum absolute atomic E-state index is 0.105. The molecule has 0 aliphatic carbocycles. The lowest BCUT2D eigenvalue weighted by Crippen LogP contribution is -2.37. The molecule has 1 aromatic rings. The van der Waals surface area contributed by atoms with Crippen molar-refractivity contribution < 1.29 is 42.2 Å². The van der Waals surface area contributed by atoms with Gasteiger partial charge in [0.05, 0.1) is 32.1 Å². The van der Waals surface area contributed by atoms with E-state index in [-0.39, 0.29) is 17.5 Å². The molecule has 1 aliphatic heterocycles. The molecule has 0 saturated carbocycles. The SMILES string of the molecule is CC(C)OC(=O)[C@@H](C)NP(=O)(OCCSC(=O)C(C)(C)C)OC[C@H]1O[C@@H](n2ccc(=O)[nH]c2=O)[C@H](O)[C@@H]1CF. The number of hydrogen-bond acceptors (Lipinski definition) is 11. The molecule has 0 aromatic carbocycles. The van der Waals surface area contributed by atoms with Gasteiger partial charge in [-0.3, -0.25) is 37.4 Å². The van der Waals surface area contributed by atoms with Gasteiger partial charge >= 0.3 is 19.4 Å². The number of rotatable bonds is 13. The van der Waals surface area contributed by atoms with Gasteiger partial charge in [-0.15, -0.1) is 0 Å². The van der Waals surface area contributed by atoms with E-state index in [1.54, 1.807) is 34.6 Å². The first kappa shape index (κ1) is 33.3. The van der Waals surface area contributed by atoms with Gasteiger partial charge in [0.15, 0.2) is 11.3 Å². The number of H-pyrrole nitrogens is 1. The molecule has 1 aliphatic rings. The fourth-order valence-electron chi connectivity index (χ4n) is 3.42. The standard InChI is InChI=1S/C23H37FN3O10PS/c1-13(2)36-20(30)14(3)26-38(33,34-9-10-39-21(31)23(4,5)6)35-12-16-15(11-24)18(29)19(37-16)27-8-7-17(28)25-22(27)32/h7-8,13-16,18-19,29H,9-12H2,1-6H3,(H,26,33)(H,25,28,32)/t14-,15-,16-,18-,19-,38?/m1/s1. The highest BCUT2D eigenvalue weighted by Crippen LogP contribution is 2.46. The second-order valence-electron chi connectivity index (χ2n) is 10.2. The molecular weight excluding hydrogens is 560 g/mol. The van der Waals surface area contributed by atoms with Crippen LogP contribution in [0.25, 0.3) is 0 Å².